The second-order valence-corrected chi connectivity index (χ2v) is 11.2. The van der Waals surface area contributed by atoms with E-state index in [1.807, 2.05) is 0 Å². The minimum atomic E-state index is -4.27. The maximum atomic E-state index is 13.0. The number of nitrogens with zero attached hydrogens (tertiary/aromatic N) is 1. The van der Waals surface area contributed by atoms with Crippen molar-refractivity contribution < 1.29 is 41.5 Å². The van der Waals surface area contributed by atoms with Gasteiger partial charge < -0.3 is 19.7 Å². The molecule has 2 atom stereocenters. The SMILES string of the molecule is N[C@]1(C(=O)OC2CCC(C(F)(F)F)CC2)CP1(=O)Oc1ccc(Oc2ccc([N+](=O)[O-])cc2)cc1. The van der Waals surface area contributed by atoms with Crippen LogP contribution in [0.3, 0.4) is 0 Å². The molecule has 1 aliphatic heterocycles. The number of ether oxygens (including phenoxy) is 2. The van der Waals surface area contributed by atoms with E-state index in [9.17, 15) is 32.6 Å². The van der Waals surface area contributed by atoms with Crippen LogP contribution in [0.15, 0.2) is 48.5 Å². The molecule has 0 radical (unpaired) electrons. The lowest BCUT2D eigenvalue weighted by Crippen LogP contribution is -2.40. The Morgan fingerprint density at radius 2 is 1.51 bits per heavy atom. The van der Waals surface area contributed by atoms with Crippen LogP contribution >= 0.6 is 7.37 Å². The van der Waals surface area contributed by atoms with Crippen molar-refractivity contribution in [3.05, 3.63) is 58.6 Å². The Hall–Kier alpha value is -3.11. The van der Waals surface area contributed by atoms with E-state index >= 15 is 0 Å². The first kappa shape index (κ1) is 25.0. The fourth-order valence-corrected chi connectivity index (χ4v) is 5.93. The van der Waals surface area contributed by atoms with E-state index < -0.39 is 41.7 Å². The molecule has 9 nitrogen and oxygen atoms in total. The summed E-state index contributed by atoms with van der Waals surface area (Å²) in [5.41, 5.74) is 5.90. The highest BCUT2D eigenvalue weighted by molar-refractivity contribution is 7.70. The number of nitro benzene ring substituents is 1. The van der Waals surface area contributed by atoms with Gasteiger partial charge >= 0.3 is 12.1 Å². The smallest absolute Gasteiger partial charge is 0.391 e. The summed E-state index contributed by atoms with van der Waals surface area (Å²) in [6.45, 7) is 0. The highest BCUT2D eigenvalue weighted by atomic mass is 31.2. The van der Waals surface area contributed by atoms with E-state index in [0.717, 1.165) is 0 Å². The van der Waals surface area contributed by atoms with Crippen LogP contribution < -0.4 is 15.0 Å². The van der Waals surface area contributed by atoms with E-state index in [-0.39, 0.29) is 43.3 Å². The first-order valence-corrected chi connectivity index (χ1v) is 12.6. The first-order valence-electron chi connectivity index (χ1n) is 10.8. The second kappa shape index (κ2) is 9.16. The number of nitrogens with two attached hydrogens (primary N) is 1. The molecule has 2 N–H and O–H groups in total. The minimum Gasteiger partial charge on any atom is -0.461 e. The lowest BCUT2D eigenvalue weighted by atomic mass is 9.87. The predicted octanol–water partition coefficient (Wildman–Crippen LogP) is 5.38. The van der Waals surface area contributed by atoms with Gasteiger partial charge in [0.1, 0.15) is 23.4 Å². The Morgan fingerprint density at radius 3 is 2.03 bits per heavy atom. The first-order chi connectivity index (χ1) is 16.4. The fraction of sp³-hybridized carbons (Fsp3) is 0.409. The molecule has 2 aromatic rings. The molecule has 13 heteroatoms. The van der Waals surface area contributed by atoms with Crippen LogP contribution in [0.2, 0.25) is 0 Å². The van der Waals surface area contributed by atoms with Crippen LogP contribution in [0.5, 0.6) is 17.2 Å². The molecule has 0 spiro atoms. The molecule has 4 rings (SSSR count). The molecule has 2 fully saturated rings. The topological polar surface area (TPSA) is 131 Å². The van der Waals surface area contributed by atoms with Gasteiger partial charge in [0.15, 0.2) is 0 Å². The summed E-state index contributed by atoms with van der Waals surface area (Å²) in [6, 6.07) is 11.4. The monoisotopic (exact) mass is 514 g/mol. The number of carbonyl (C=O) groups excluding carboxylic acids is 1. The molecule has 1 saturated heterocycles. The van der Waals surface area contributed by atoms with Crippen LogP contribution in [0.1, 0.15) is 25.7 Å². The summed E-state index contributed by atoms with van der Waals surface area (Å²) >= 11 is 0. The zero-order valence-electron chi connectivity index (χ0n) is 18.3. The van der Waals surface area contributed by atoms with Gasteiger partial charge in [0.05, 0.1) is 17.0 Å². The van der Waals surface area contributed by atoms with E-state index in [0.29, 0.717) is 11.5 Å². The number of benzene rings is 2. The average Bonchev–Trinajstić information content (AvgIpc) is 3.36. The van der Waals surface area contributed by atoms with Gasteiger partial charge in [0.2, 0.25) is 5.28 Å². The Balaban J connectivity index is 1.30. The van der Waals surface area contributed by atoms with E-state index in [1.165, 1.54) is 48.5 Å². The Labute approximate surface area is 197 Å². The third-order valence-corrected chi connectivity index (χ3v) is 8.67. The van der Waals surface area contributed by atoms with Gasteiger partial charge in [-0.1, -0.05) is 0 Å². The van der Waals surface area contributed by atoms with Crippen LogP contribution in [-0.4, -0.2) is 34.6 Å². The molecule has 0 bridgehead atoms. The molecule has 0 aromatic heterocycles. The highest BCUT2D eigenvalue weighted by Crippen LogP contribution is 2.73. The summed E-state index contributed by atoms with van der Waals surface area (Å²) in [6.07, 6.45) is -5.36. The molecule has 1 unspecified atom stereocenters. The number of carbonyl (C=O) groups is 1. The minimum absolute atomic E-state index is 0.0629. The maximum absolute atomic E-state index is 13.0. The quantitative estimate of drug-likeness (QED) is 0.226. The van der Waals surface area contributed by atoms with Crippen LogP contribution in [0, 0.1) is 16.0 Å². The standard InChI is InChI=1S/C22H22F3N2O7P/c23-22(24,25)14-1-5-18(6-2-14)33-20(28)21(26)13-35(21,31)34-19-11-9-17(10-12-19)32-16-7-3-15(4-8-16)27(29)30/h3-4,7-12,14,18H,1-2,5-6,13,26H2/t14?,18?,21-,35?/m1/s1. The zero-order valence-corrected chi connectivity index (χ0v) is 19.2. The fourth-order valence-electron chi connectivity index (χ4n) is 3.87. The largest absolute Gasteiger partial charge is 0.461 e. The van der Waals surface area contributed by atoms with Gasteiger partial charge in [0.25, 0.3) is 13.1 Å². The summed E-state index contributed by atoms with van der Waals surface area (Å²) in [5, 5.41) is 8.88. The number of hydrogen-bond acceptors (Lipinski definition) is 8. The molecule has 188 valence electrons. The number of hydrogen-bond donors (Lipinski definition) is 1. The molecule has 35 heavy (non-hydrogen) atoms. The van der Waals surface area contributed by atoms with Crippen LogP contribution in [0.25, 0.3) is 0 Å². The van der Waals surface area contributed by atoms with E-state index in [2.05, 4.69) is 0 Å². The van der Waals surface area contributed by atoms with E-state index in [4.69, 9.17) is 19.7 Å². The maximum Gasteiger partial charge on any atom is 0.391 e. The molecular formula is C22H22F3N2O7P. The van der Waals surface area contributed by atoms with Gasteiger partial charge in [-0.15, -0.1) is 0 Å². The highest BCUT2D eigenvalue weighted by Gasteiger charge is 2.73. The number of non-ortho nitro benzene ring substituents is 1. The van der Waals surface area contributed by atoms with Crippen molar-refractivity contribution >= 4 is 19.0 Å². The van der Waals surface area contributed by atoms with E-state index in [1.54, 1.807) is 0 Å². The van der Waals surface area contributed by atoms with Gasteiger partial charge in [-0.05, 0) is 62.1 Å². The number of alkyl halides is 3. The van der Waals surface area contributed by atoms with Crippen molar-refractivity contribution in [3.63, 3.8) is 0 Å². The van der Waals surface area contributed by atoms with Crippen LogP contribution in [-0.2, 0) is 14.1 Å². The number of rotatable bonds is 7. The molecule has 1 aliphatic carbocycles. The van der Waals surface area contributed by atoms with Crippen molar-refractivity contribution in [1.82, 2.24) is 0 Å². The second-order valence-electron chi connectivity index (χ2n) is 8.59. The number of nitro groups is 1. The van der Waals surface area contributed by atoms with Gasteiger partial charge in [0, 0.05) is 12.1 Å². The van der Waals surface area contributed by atoms with Gasteiger partial charge in [-0.2, -0.15) is 13.2 Å². The molecule has 1 saturated carbocycles. The lowest BCUT2D eigenvalue weighted by molar-refractivity contribution is -0.384. The molecule has 2 aliphatic rings. The Kier molecular flexibility index (Phi) is 6.54. The zero-order chi connectivity index (χ0) is 25.4. The third kappa shape index (κ3) is 5.43. The molecular weight excluding hydrogens is 492 g/mol. The van der Waals surface area contributed by atoms with Crippen molar-refractivity contribution in [2.24, 2.45) is 11.7 Å². The predicted molar refractivity (Wildman–Crippen MR) is 118 cm³/mol. The van der Waals surface area contributed by atoms with Gasteiger partial charge in [-0.25, -0.2) is 4.79 Å². The van der Waals surface area contributed by atoms with Crippen molar-refractivity contribution in [2.75, 3.05) is 6.16 Å². The van der Waals surface area contributed by atoms with Crippen molar-refractivity contribution in [1.29, 1.82) is 0 Å². The molecule has 1 heterocycles. The summed E-state index contributed by atoms with van der Waals surface area (Å²) in [5.74, 6) is -1.42. The third-order valence-electron chi connectivity index (χ3n) is 6.08. The van der Waals surface area contributed by atoms with Crippen molar-refractivity contribution in [2.45, 2.75) is 43.2 Å². The number of halogens is 3. The van der Waals surface area contributed by atoms with Gasteiger partial charge in [-0.3, -0.25) is 14.7 Å². The van der Waals surface area contributed by atoms with Crippen molar-refractivity contribution in [3.8, 4) is 17.2 Å². The molecule has 0 amide bonds. The summed E-state index contributed by atoms with van der Waals surface area (Å²) in [4.78, 5) is 22.7. The van der Waals surface area contributed by atoms with Crippen LogP contribution in [0.4, 0.5) is 18.9 Å². The Morgan fingerprint density at radius 1 is 1.00 bits per heavy atom. The Bertz CT molecular complexity index is 1150. The summed E-state index contributed by atoms with van der Waals surface area (Å²) < 4.78 is 67.8. The average molecular weight is 514 g/mol. The lowest BCUT2D eigenvalue weighted by Gasteiger charge is -2.30. The summed E-state index contributed by atoms with van der Waals surface area (Å²) in [7, 11) is -3.60. The molecule has 2 aromatic carbocycles. The number of esters is 1. The normalized spacial score (nSPS) is 28.1.